The largest absolute Gasteiger partial charge is 0.388 e. The fraction of sp³-hybridized carbons (Fsp3) is 0.417. The summed E-state index contributed by atoms with van der Waals surface area (Å²) in [7, 11) is 0. The zero-order valence-corrected chi connectivity index (χ0v) is 10.2. The summed E-state index contributed by atoms with van der Waals surface area (Å²) in [6, 6.07) is 3.88. The number of rotatable bonds is 1. The molecule has 1 aromatic rings. The minimum absolute atomic E-state index is 0.0461. The minimum atomic E-state index is -0.884. The molecule has 0 aliphatic carbocycles. The van der Waals surface area contributed by atoms with Gasteiger partial charge in [-0.25, -0.2) is 4.39 Å². The zero-order chi connectivity index (χ0) is 12.6. The third-order valence-corrected chi connectivity index (χ3v) is 3.13. The number of β-amino-alcohol motifs (C(OH)–C–C–N with tert-alkyl or cyclic N) is 1. The van der Waals surface area contributed by atoms with Crippen molar-refractivity contribution in [1.82, 2.24) is 4.90 Å². The molecule has 0 spiro atoms. The van der Waals surface area contributed by atoms with Crippen LogP contribution < -0.4 is 0 Å². The summed E-state index contributed by atoms with van der Waals surface area (Å²) in [5.41, 5.74) is -0.930. The van der Waals surface area contributed by atoms with Crippen molar-refractivity contribution in [1.29, 1.82) is 0 Å². The molecule has 2 rings (SSSR count). The molecule has 0 bridgehead atoms. The van der Waals surface area contributed by atoms with E-state index in [2.05, 4.69) is 0 Å². The Morgan fingerprint density at radius 2 is 2.29 bits per heavy atom. The average Bonchev–Trinajstić information content (AvgIpc) is 2.61. The van der Waals surface area contributed by atoms with E-state index in [4.69, 9.17) is 11.6 Å². The SMILES string of the molecule is CC1(O)CCN(C(=O)c2cc(Cl)ccc2F)C1. The van der Waals surface area contributed by atoms with Gasteiger partial charge in [0, 0.05) is 18.1 Å². The molecule has 0 saturated carbocycles. The maximum Gasteiger partial charge on any atom is 0.256 e. The molecule has 0 radical (unpaired) electrons. The van der Waals surface area contributed by atoms with Crippen LogP contribution in [0, 0.1) is 5.82 Å². The van der Waals surface area contributed by atoms with Crippen LogP contribution in [0.4, 0.5) is 4.39 Å². The van der Waals surface area contributed by atoms with E-state index in [9.17, 15) is 14.3 Å². The van der Waals surface area contributed by atoms with Crippen LogP contribution in [0.5, 0.6) is 0 Å². The first-order valence-corrected chi connectivity index (χ1v) is 5.73. The van der Waals surface area contributed by atoms with Crippen LogP contribution in [0.3, 0.4) is 0 Å². The third kappa shape index (κ3) is 2.58. The Bertz CT molecular complexity index is 462. The van der Waals surface area contributed by atoms with Crippen LogP contribution in [0.1, 0.15) is 23.7 Å². The second-order valence-electron chi connectivity index (χ2n) is 4.60. The van der Waals surface area contributed by atoms with Gasteiger partial charge in [0.05, 0.1) is 11.2 Å². The lowest BCUT2D eigenvalue weighted by Gasteiger charge is -2.19. The molecule has 1 atom stereocenters. The molecule has 1 aliphatic heterocycles. The minimum Gasteiger partial charge on any atom is -0.388 e. The van der Waals surface area contributed by atoms with Gasteiger partial charge in [0.15, 0.2) is 0 Å². The number of nitrogens with zero attached hydrogens (tertiary/aromatic N) is 1. The highest BCUT2D eigenvalue weighted by atomic mass is 35.5. The Morgan fingerprint density at radius 1 is 1.59 bits per heavy atom. The Balaban J connectivity index is 2.23. The first-order valence-electron chi connectivity index (χ1n) is 5.36. The van der Waals surface area contributed by atoms with Gasteiger partial charge in [-0.05, 0) is 31.5 Å². The second-order valence-corrected chi connectivity index (χ2v) is 5.03. The first-order chi connectivity index (χ1) is 7.89. The number of amides is 1. The lowest BCUT2D eigenvalue weighted by molar-refractivity contribution is 0.0569. The molecule has 1 fully saturated rings. The van der Waals surface area contributed by atoms with Gasteiger partial charge in [0.1, 0.15) is 5.82 Å². The molecular formula is C12H13ClFNO2. The van der Waals surface area contributed by atoms with E-state index in [-0.39, 0.29) is 12.1 Å². The molecule has 1 amide bonds. The predicted molar refractivity (Wildman–Crippen MR) is 62.6 cm³/mol. The summed E-state index contributed by atoms with van der Waals surface area (Å²) in [4.78, 5) is 13.5. The van der Waals surface area contributed by atoms with E-state index in [1.54, 1.807) is 6.92 Å². The van der Waals surface area contributed by atoms with Crippen molar-refractivity contribution in [3.05, 3.63) is 34.6 Å². The standard InChI is InChI=1S/C12H13ClFNO2/c1-12(17)4-5-15(7-12)11(16)9-6-8(13)2-3-10(9)14/h2-3,6,17H,4-5,7H2,1H3. The average molecular weight is 258 g/mol. The molecule has 1 aliphatic rings. The van der Waals surface area contributed by atoms with E-state index >= 15 is 0 Å². The van der Waals surface area contributed by atoms with Crippen LogP contribution in [0.25, 0.3) is 0 Å². The topological polar surface area (TPSA) is 40.5 Å². The molecule has 1 heterocycles. The van der Waals surface area contributed by atoms with Crippen molar-refractivity contribution < 1.29 is 14.3 Å². The van der Waals surface area contributed by atoms with Crippen LogP contribution in [-0.2, 0) is 0 Å². The highest BCUT2D eigenvalue weighted by Crippen LogP contribution is 2.24. The maximum absolute atomic E-state index is 13.5. The van der Waals surface area contributed by atoms with Crippen molar-refractivity contribution >= 4 is 17.5 Å². The van der Waals surface area contributed by atoms with Crippen molar-refractivity contribution in [2.45, 2.75) is 18.9 Å². The highest BCUT2D eigenvalue weighted by molar-refractivity contribution is 6.31. The first kappa shape index (κ1) is 12.3. The van der Waals surface area contributed by atoms with Crippen LogP contribution in [0.15, 0.2) is 18.2 Å². The van der Waals surface area contributed by atoms with E-state index in [1.807, 2.05) is 0 Å². The Kier molecular flexibility index (Phi) is 3.10. The van der Waals surface area contributed by atoms with Gasteiger partial charge < -0.3 is 10.0 Å². The lowest BCUT2D eigenvalue weighted by Crippen LogP contribution is -2.34. The van der Waals surface area contributed by atoms with Crippen LogP contribution in [-0.4, -0.2) is 34.6 Å². The van der Waals surface area contributed by atoms with Gasteiger partial charge in [-0.2, -0.15) is 0 Å². The van der Waals surface area contributed by atoms with Crippen molar-refractivity contribution in [3.8, 4) is 0 Å². The van der Waals surface area contributed by atoms with Crippen molar-refractivity contribution in [3.63, 3.8) is 0 Å². The zero-order valence-electron chi connectivity index (χ0n) is 9.41. The van der Waals surface area contributed by atoms with Gasteiger partial charge in [0.2, 0.25) is 0 Å². The quantitative estimate of drug-likeness (QED) is 0.837. The molecule has 1 unspecified atom stereocenters. The van der Waals surface area contributed by atoms with Crippen LogP contribution in [0.2, 0.25) is 5.02 Å². The summed E-state index contributed by atoms with van der Waals surface area (Å²) in [6.07, 6.45) is 0.501. The summed E-state index contributed by atoms with van der Waals surface area (Å²) in [5, 5.41) is 10.1. The maximum atomic E-state index is 13.5. The molecule has 1 aromatic carbocycles. The highest BCUT2D eigenvalue weighted by Gasteiger charge is 2.35. The summed E-state index contributed by atoms with van der Waals surface area (Å²) in [5.74, 6) is -1.02. The third-order valence-electron chi connectivity index (χ3n) is 2.90. The Labute approximate surface area is 104 Å². The normalized spacial score (nSPS) is 24.1. The van der Waals surface area contributed by atoms with Gasteiger partial charge in [-0.1, -0.05) is 11.6 Å². The number of aliphatic hydroxyl groups is 1. The summed E-state index contributed by atoms with van der Waals surface area (Å²) < 4.78 is 13.5. The number of carbonyl (C=O) groups is 1. The molecular weight excluding hydrogens is 245 g/mol. The van der Waals surface area contributed by atoms with E-state index in [1.165, 1.54) is 23.1 Å². The smallest absolute Gasteiger partial charge is 0.256 e. The van der Waals surface area contributed by atoms with E-state index in [0.29, 0.717) is 18.0 Å². The van der Waals surface area contributed by atoms with E-state index < -0.39 is 17.3 Å². The predicted octanol–water partition coefficient (Wildman–Crippen LogP) is 2.08. The molecule has 1 saturated heterocycles. The molecule has 5 heteroatoms. The number of hydrogen-bond acceptors (Lipinski definition) is 2. The molecule has 17 heavy (non-hydrogen) atoms. The van der Waals surface area contributed by atoms with Crippen molar-refractivity contribution in [2.75, 3.05) is 13.1 Å². The summed E-state index contributed by atoms with van der Waals surface area (Å²) in [6.45, 7) is 2.31. The van der Waals surface area contributed by atoms with Gasteiger partial charge >= 0.3 is 0 Å². The summed E-state index contributed by atoms with van der Waals surface area (Å²) >= 11 is 5.74. The number of halogens is 2. The molecule has 3 nitrogen and oxygen atoms in total. The second kappa shape index (κ2) is 4.27. The number of hydrogen-bond donors (Lipinski definition) is 1. The molecule has 92 valence electrons. The molecule has 1 N–H and O–H groups in total. The Hall–Kier alpha value is -1.13. The fourth-order valence-electron chi connectivity index (χ4n) is 1.95. The van der Waals surface area contributed by atoms with Gasteiger partial charge in [-0.15, -0.1) is 0 Å². The fourth-order valence-corrected chi connectivity index (χ4v) is 2.12. The molecule has 0 aromatic heterocycles. The monoisotopic (exact) mass is 257 g/mol. The van der Waals surface area contributed by atoms with Gasteiger partial charge in [-0.3, -0.25) is 4.79 Å². The Morgan fingerprint density at radius 3 is 2.88 bits per heavy atom. The lowest BCUT2D eigenvalue weighted by atomic mass is 10.1. The van der Waals surface area contributed by atoms with Crippen molar-refractivity contribution in [2.24, 2.45) is 0 Å². The number of likely N-dealkylation sites (tertiary alicyclic amines) is 1. The van der Waals surface area contributed by atoms with Crippen LogP contribution >= 0.6 is 11.6 Å². The van der Waals surface area contributed by atoms with E-state index in [0.717, 1.165) is 0 Å². The van der Waals surface area contributed by atoms with Gasteiger partial charge in [0.25, 0.3) is 5.91 Å². The number of carbonyl (C=O) groups excluding carboxylic acids is 1. The number of benzene rings is 1.